The van der Waals surface area contributed by atoms with E-state index in [2.05, 4.69) is 20.5 Å². The lowest BCUT2D eigenvalue weighted by molar-refractivity contribution is 0.323. The van der Waals surface area contributed by atoms with Crippen molar-refractivity contribution in [2.24, 2.45) is 0 Å². The lowest BCUT2D eigenvalue weighted by atomic mass is 10.4. The third-order valence-corrected chi connectivity index (χ3v) is 2.24. The molecule has 88 valence electrons. The molecule has 2 heterocycles. The molecule has 0 aliphatic rings. The molecule has 2 aromatic rings. The van der Waals surface area contributed by atoms with Crippen LogP contribution in [0.1, 0.15) is 6.92 Å². The van der Waals surface area contributed by atoms with Gasteiger partial charge >= 0.3 is 0 Å². The van der Waals surface area contributed by atoms with Crippen molar-refractivity contribution in [2.75, 3.05) is 11.9 Å². The Morgan fingerprint density at radius 2 is 2.18 bits per heavy atom. The van der Waals surface area contributed by atoms with Crippen LogP contribution in [-0.4, -0.2) is 21.8 Å². The number of hydrogen-bond donors (Lipinski definition) is 1. The molecule has 0 saturated carbocycles. The number of rotatable bonds is 4. The average Bonchev–Trinajstić information content (AvgIpc) is 2.35. The van der Waals surface area contributed by atoms with Crippen molar-refractivity contribution >= 4 is 23.2 Å². The summed E-state index contributed by atoms with van der Waals surface area (Å²) in [6, 6.07) is 6.99. The lowest BCUT2D eigenvalue weighted by Crippen LogP contribution is -2.00. The minimum atomic E-state index is 0.491. The third-order valence-electron chi connectivity index (χ3n) is 1.94. The van der Waals surface area contributed by atoms with Gasteiger partial charge in [-0.2, -0.15) is 0 Å². The summed E-state index contributed by atoms with van der Waals surface area (Å²) >= 11 is 5.96. The van der Waals surface area contributed by atoms with Gasteiger partial charge in [-0.25, -0.2) is 4.98 Å². The maximum atomic E-state index is 5.96. The van der Waals surface area contributed by atoms with Crippen LogP contribution in [0.25, 0.3) is 0 Å². The van der Waals surface area contributed by atoms with E-state index in [4.69, 9.17) is 16.3 Å². The van der Waals surface area contributed by atoms with Gasteiger partial charge in [-0.15, -0.1) is 10.2 Å². The van der Waals surface area contributed by atoms with Gasteiger partial charge in [0.2, 0.25) is 5.88 Å². The van der Waals surface area contributed by atoms with Crippen molar-refractivity contribution in [2.45, 2.75) is 6.92 Å². The number of aromatic nitrogens is 3. The Balaban J connectivity index is 2.11. The molecule has 0 aliphatic carbocycles. The molecule has 6 heteroatoms. The fourth-order valence-corrected chi connectivity index (χ4v) is 1.38. The van der Waals surface area contributed by atoms with Crippen LogP contribution in [0.3, 0.4) is 0 Å². The molecular formula is C11H11ClN4O. The second kappa shape index (κ2) is 5.45. The normalized spacial score (nSPS) is 10.0. The first-order valence-corrected chi connectivity index (χ1v) is 5.51. The first kappa shape index (κ1) is 11.6. The smallest absolute Gasteiger partial charge is 0.233 e. The van der Waals surface area contributed by atoms with Crippen molar-refractivity contribution in [3.8, 4) is 5.88 Å². The Morgan fingerprint density at radius 1 is 1.29 bits per heavy atom. The molecule has 0 aliphatic heterocycles. The van der Waals surface area contributed by atoms with Crippen molar-refractivity contribution < 1.29 is 4.74 Å². The van der Waals surface area contributed by atoms with Crippen LogP contribution in [0.5, 0.6) is 5.88 Å². The summed E-state index contributed by atoms with van der Waals surface area (Å²) in [7, 11) is 0. The highest BCUT2D eigenvalue weighted by atomic mass is 35.5. The minimum absolute atomic E-state index is 0.491. The van der Waals surface area contributed by atoms with E-state index >= 15 is 0 Å². The second-order valence-electron chi connectivity index (χ2n) is 3.15. The molecule has 0 fully saturated rings. The molecule has 0 aromatic carbocycles. The molecule has 0 radical (unpaired) electrons. The van der Waals surface area contributed by atoms with Crippen molar-refractivity contribution in [3.05, 3.63) is 35.5 Å². The highest BCUT2D eigenvalue weighted by Gasteiger charge is 2.02. The maximum Gasteiger partial charge on any atom is 0.233 e. The summed E-state index contributed by atoms with van der Waals surface area (Å²) in [6.45, 7) is 2.45. The summed E-state index contributed by atoms with van der Waals surface area (Å²) in [5.74, 6) is 1.60. The molecule has 2 aromatic heterocycles. The lowest BCUT2D eigenvalue weighted by Gasteiger charge is -2.06. The van der Waals surface area contributed by atoms with Crippen molar-refractivity contribution in [1.29, 1.82) is 0 Å². The Morgan fingerprint density at radius 3 is 2.82 bits per heavy atom. The maximum absolute atomic E-state index is 5.96. The van der Waals surface area contributed by atoms with E-state index in [9.17, 15) is 0 Å². The minimum Gasteiger partial charge on any atom is -0.477 e. The number of nitrogens with one attached hydrogen (secondary N) is 1. The van der Waals surface area contributed by atoms with Gasteiger partial charge in [0.1, 0.15) is 5.82 Å². The fraction of sp³-hybridized carbons (Fsp3) is 0.182. The van der Waals surface area contributed by atoms with Crippen molar-refractivity contribution in [1.82, 2.24) is 15.2 Å². The first-order chi connectivity index (χ1) is 8.29. The standard InChI is InChI=1S/C11H11ClN4O/c1-2-17-10-6-5-9(15-16-10)14-11-8(12)4-3-7-13-11/h3-7H,2H2,1H3,(H,13,14,15). The molecular weight excluding hydrogens is 240 g/mol. The van der Waals surface area contributed by atoms with Crippen LogP contribution < -0.4 is 10.1 Å². The SMILES string of the molecule is CCOc1ccc(Nc2ncccc2Cl)nn1. The predicted octanol–water partition coefficient (Wildman–Crippen LogP) is 2.67. The Hall–Kier alpha value is -1.88. The van der Waals surface area contributed by atoms with Gasteiger partial charge in [0, 0.05) is 12.3 Å². The summed E-state index contributed by atoms with van der Waals surface area (Å²) in [5.41, 5.74) is 0. The zero-order valence-electron chi connectivity index (χ0n) is 9.22. The fourth-order valence-electron chi connectivity index (χ4n) is 1.21. The number of nitrogens with zero attached hydrogens (tertiary/aromatic N) is 3. The molecule has 0 bridgehead atoms. The molecule has 5 nitrogen and oxygen atoms in total. The summed E-state index contributed by atoms with van der Waals surface area (Å²) in [5, 5.41) is 11.3. The second-order valence-corrected chi connectivity index (χ2v) is 3.56. The van der Waals surface area contributed by atoms with Gasteiger partial charge in [0.05, 0.1) is 11.6 Å². The summed E-state index contributed by atoms with van der Waals surface area (Å²) in [4.78, 5) is 4.09. The van der Waals surface area contributed by atoms with E-state index in [1.165, 1.54) is 0 Å². The molecule has 0 unspecified atom stereocenters. The highest BCUT2D eigenvalue weighted by Crippen LogP contribution is 2.21. The zero-order valence-corrected chi connectivity index (χ0v) is 9.98. The molecule has 0 atom stereocenters. The summed E-state index contributed by atoms with van der Waals surface area (Å²) in [6.07, 6.45) is 1.65. The molecule has 0 amide bonds. The summed E-state index contributed by atoms with van der Waals surface area (Å²) < 4.78 is 5.19. The van der Waals surface area contributed by atoms with Crippen molar-refractivity contribution in [3.63, 3.8) is 0 Å². The van der Waals surface area contributed by atoms with E-state index in [-0.39, 0.29) is 0 Å². The van der Waals surface area contributed by atoms with Gasteiger partial charge in [-0.3, -0.25) is 0 Å². The molecule has 1 N–H and O–H groups in total. The van der Waals surface area contributed by atoms with Gasteiger partial charge in [0.15, 0.2) is 5.82 Å². The predicted molar refractivity (Wildman–Crippen MR) is 65.7 cm³/mol. The van der Waals surface area contributed by atoms with E-state index in [1.54, 1.807) is 30.5 Å². The van der Waals surface area contributed by atoms with Gasteiger partial charge in [-0.1, -0.05) is 11.6 Å². The van der Waals surface area contributed by atoms with E-state index in [0.717, 1.165) is 0 Å². The number of ether oxygens (including phenoxy) is 1. The Bertz CT molecular complexity index is 489. The van der Waals surface area contributed by atoms with Gasteiger partial charge in [0.25, 0.3) is 0 Å². The first-order valence-electron chi connectivity index (χ1n) is 5.13. The molecule has 0 spiro atoms. The topological polar surface area (TPSA) is 59.9 Å². The molecule has 0 saturated heterocycles. The monoisotopic (exact) mass is 250 g/mol. The van der Waals surface area contributed by atoms with Crippen LogP contribution in [-0.2, 0) is 0 Å². The number of anilines is 2. The van der Waals surface area contributed by atoms with E-state index in [0.29, 0.717) is 29.1 Å². The Kier molecular flexibility index (Phi) is 3.72. The van der Waals surface area contributed by atoms with Crippen LogP contribution in [0, 0.1) is 0 Å². The number of pyridine rings is 1. The molecule has 2 rings (SSSR count). The van der Waals surface area contributed by atoms with Crippen LogP contribution in [0.4, 0.5) is 11.6 Å². The van der Waals surface area contributed by atoms with E-state index < -0.39 is 0 Å². The average molecular weight is 251 g/mol. The molecule has 17 heavy (non-hydrogen) atoms. The number of hydrogen-bond acceptors (Lipinski definition) is 5. The third kappa shape index (κ3) is 3.04. The largest absolute Gasteiger partial charge is 0.477 e. The zero-order chi connectivity index (χ0) is 12.1. The van der Waals surface area contributed by atoms with Crippen LogP contribution >= 0.6 is 11.6 Å². The van der Waals surface area contributed by atoms with Crippen LogP contribution in [0.2, 0.25) is 5.02 Å². The Labute approximate surface area is 104 Å². The van der Waals surface area contributed by atoms with E-state index in [1.807, 2.05) is 6.92 Å². The number of halogens is 1. The van der Waals surface area contributed by atoms with Crippen LogP contribution in [0.15, 0.2) is 30.5 Å². The highest BCUT2D eigenvalue weighted by molar-refractivity contribution is 6.33. The van der Waals surface area contributed by atoms with Gasteiger partial charge in [-0.05, 0) is 25.1 Å². The van der Waals surface area contributed by atoms with Gasteiger partial charge < -0.3 is 10.1 Å². The quantitative estimate of drug-likeness (QED) is 0.904.